The van der Waals surface area contributed by atoms with Gasteiger partial charge in [-0.3, -0.25) is 24.4 Å². The summed E-state index contributed by atoms with van der Waals surface area (Å²) in [5.74, 6) is -1.19. The van der Waals surface area contributed by atoms with E-state index in [1.807, 2.05) is 36.4 Å². The highest BCUT2D eigenvalue weighted by molar-refractivity contribution is 7.91. The first-order valence-electron chi connectivity index (χ1n) is 19.7. The molecule has 316 valence electrons. The fourth-order valence-electron chi connectivity index (χ4n) is 7.41. The molecule has 1 saturated heterocycles. The molecule has 2 aliphatic carbocycles. The molecule has 1 aromatic heterocycles. The molecular weight excluding hydrogens is 791 g/mol. The van der Waals surface area contributed by atoms with E-state index in [0.717, 1.165) is 5.56 Å². The van der Waals surface area contributed by atoms with Gasteiger partial charge in [-0.15, -0.1) is 6.58 Å². The summed E-state index contributed by atoms with van der Waals surface area (Å²) < 4.78 is 51.0. The smallest absolute Gasteiger partial charge is 0.412 e. The first-order chi connectivity index (χ1) is 28.5. The van der Waals surface area contributed by atoms with E-state index < -0.39 is 74.2 Å². The Bertz CT molecular complexity index is 2420. The van der Waals surface area contributed by atoms with Gasteiger partial charge in [-0.25, -0.2) is 18.2 Å². The molecule has 3 N–H and O–H groups in total. The van der Waals surface area contributed by atoms with Gasteiger partial charge in [0.2, 0.25) is 15.9 Å². The van der Waals surface area contributed by atoms with Crippen LogP contribution in [0.3, 0.4) is 0 Å². The van der Waals surface area contributed by atoms with Crippen LogP contribution >= 0.6 is 0 Å². The predicted molar refractivity (Wildman–Crippen MR) is 224 cm³/mol. The van der Waals surface area contributed by atoms with E-state index >= 15 is 0 Å². The molecule has 7 rings (SSSR count). The second kappa shape index (κ2) is 16.5. The van der Waals surface area contributed by atoms with E-state index in [9.17, 15) is 27.6 Å². The normalized spacial score (nSPS) is 21.6. The molecule has 4 aromatic rings. The molecule has 2 heterocycles. The minimum atomic E-state index is -3.94. The van der Waals surface area contributed by atoms with Crippen molar-refractivity contribution in [2.24, 2.45) is 11.3 Å². The number of sulfonamides is 1. The third-order valence-corrected chi connectivity index (χ3v) is 12.8. The lowest BCUT2D eigenvalue weighted by Crippen LogP contribution is -2.58. The average Bonchev–Trinajstić information content (AvgIpc) is 4.16. The number of likely N-dealkylation sites (tertiary alicyclic amines) is 1. The van der Waals surface area contributed by atoms with Crippen LogP contribution in [0.4, 0.5) is 10.5 Å². The number of ether oxygens (including phenoxy) is 4. The Morgan fingerprint density at radius 1 is 0.950 bits per heavy atom. The summed E-state index contributed by atoms with van der Waals surface area (Å²) in [6.07, 6.45) is -0.590. The SMILES string of the molecule is C=C[C@@H]1C[C@]1(NC(=O)[C@@H]1C[C@@H](Oc2cc(-c3ccccc3)nc3cc(OC)ccc23)CN1C(=O)[C@@H](OC(=O)Nc1ccc(OC)cc1)C(C)(C)C)C(=O)NS(=O)(=O)C1CC1. The first-order valence-corrected chi connectivity index (χ1v) is 21.2. The summed E-state index contributed by atoms with van der Waals surface area (Å²) in [6, 6.07) is 22.0. The molecule has 0 unspecified atom stereocenters. The summed E-state index contributed by atoms with van der Waals surface area (Å²) in [4.78, 5) is 62.4. The summed E-state index contributed by atoms with van der Waals surface area (Å²) in [6.45, 7) is 8.89. The standard InChI is InChI=1S/C44H49N5O10S/c1-7-27-24-44(27,41(52)48-60(54,55)32-18-19-32)47-39(50)36-22-31(58-37-23-34(26-11-9-8-10-12-26)46-35-21-30(57-6)17-20-33(35)37)25-49(36)40(51)38(43(2,3)4)59-42(53)45-28-13-15-29(56-5)16-14-28/h7-17,20-21,23,27,31-32,36,38H,1,18-19,22,24-25H2,2-6H3,(H,45,53)(H,47,50)(H,48,52)/t27-,31-,36+,38-,44-/m1/s1. The van der Waals surface area contributed by atoms with Crippen LogP contribution in [-0.4, -0.2) is 91.9 Å². The van der Waals surface area contributed by atoms with E-state index in [0.29, 0.717) is 52.4 Å². The van der Waals surface area contributed by atoms with Crippen molar-refractivity contribution in [2.45, 2.75) is 75.5 Å². The number of hydrogen-bond acceptors (Lipinski definition) is 11. The van der Waals surface area contributed by atoms with Crippen LogP contribution in [0, 0.1) is 11.3 Å². The number of hydrogen-bond donors (Lipinski definition) is 3. The number of carbonyl (C=O) groups excluding carboxylic acids is 4. The van der Waals surface area contributed by atoms with Crippen LogP contribution in [0.2, 0.25) is 0 Å². The van der Waals surface area contributed by atoms with Crippen molar-refractivity contribution in [1.82, 2.24) is 19.9 Å². The lowest BCUT2D eigenvalue weighted by molar-refractivity contribution is -0.150. The number of nitrogens with one attached hydrogen (secondary N) is 3. The van der Waals surface area contributed by atoms with Gasteiger partial charge in [0.1, 0.15) is 34.9 Å². The highest BCUT2D eigenvalue weighted by Crippen LogP contribution is 2.46. The summed E-state index contributed by atoms with van der Waals surface area (Å²) in [5, 5.41) is 5.44. The van der Waals surface area contributed by atoms with Crippen LogP contribution in [0.5, 0.6) is 17.2 Å². The van der Waals surface area contributed by atoms with E-state index in [1.165, 1.54) is 18.1 Å². The van der Waals surface area contributed by atoms with Gasteiger partial charge < -0.3 is 29.2 Å². The third kappa shape index (κ3) is 8.88. The highest BCUT2D eigenvalue weighted by atomic mass is 32.2. The van der Waals surface area contributed by atoms with Crippen molar-refractivity contribution in [1.29, 1.82) is 0 Å². The van der Waals surface area contributed by atoms with Crippen molar-refractivity contribution >= 4 is 50.4 Å². The van der Waals surface area contributed by atoms with E-state index in [4.69, 9.17) is 23.9 Å². The second-order valence-electron chi connectivity index (χ2n) is 16.4. The predicted octanol–water partition coefficient (Wildman–Crippen LogP) is 5.60. The minimum Gasteiger partial charge on any atom is -0.497 e. The van der Waals surface area contributed by atoms with Crippen LogP contribution < -0.4 is 29.6 Å². The molecule has 3 fully saturated rings. The Labute approximate surface area is 348 Å². The largest absolute Gasteiger partial charge is 0.497 e. The number of amides is 4. The Balaban J connectivity index is 1.20. The molecule has 0 spiro atoms. The van der Waals surface area contributed by atoms with Gasteiger partial charge in [-0.2, -0.15) is 0 Å². The topological polar surface area (TPSA) is 192 Å². The molecule has 3 aliphatic rings. The second-order valence-corrected chi connectivity index (χ2v) is 18.4. The zero-order valence-electron chi connectivity index (χ0n) is 34.1. The van der Waals surface area contributed by atoms with Crippen molar-refractivity contribution in [3.63, 3.8) is 0 Å². The van der Waals surface area contributed by atoms with Crippen molar-refractivity contribution in [2.75, 3.05) is 26.1 Å². The van der Waals surface area contributed by atoms with E-state index in [2.05, 4.69) is 21.9 Å². The number of pyridine rings is 1. The van der Waals surface area contributed by atoms with Gasteiger partial charge in [0.15, 0.2) is 6.10 Å². The van der Waals surface area contributed by atoms with E-state index in [-0.39, 0.29) is 19.4 Å². The number of rotatable bonds is 14. The van der Waals surface area contributed by atoms with Crippen LogP contribution in [0.15, 0.2) is 91.5 Å². The Hall–Kier alpha value is -6.16. The maximum Gasteiger partial charge on any atom is 0.412 e. The van der Waals surface area contributed by atoms with Gasteiger partial charge in [0.05, 0.1) is 37.2 Å². The summed E-state index contributed by atoms with van der Waals surface area (Å²) >= 11 is 0. The molecule has 2 saturated carbocycles. The van der Waals surface area contributed by atoms with Crippen molar-refractivity contribution in [3.05, 3.63) is 91.5 Å². The van der Waals surface area contributed by atoms with E-state index in [1.54, 1.807) is 70.3 Å². The number of methoxy groups -OCH3 is 2. The fourth-order valence-corrected chi connectivity index (χ4v) is 8.77. The Kier molecular flexibility index (Phi) is 11.5. The molecule has 16 heteroatoms. The summed E-state index contributed by atoms with van der Waals surface area (Å²) in [7, 11) is -0.857. The number of anilines is 1. The zero-order chi connectivity index (χ0) is 43.0. The number of fused-ring (bicyclic) bond motifs is 1. The molecule has 3 aromatic carbocycles. The Morgan fingerprint density at radius 2 is 1.63 bits per heavy atom. The molecule has 5 atom stereocenters. The maximum absolute atomic E-state index is 14.8. The van der Waals surface area contributed by atoms with Crippen LogP contribution in [-0.2, 0) is 29.1 Å². The van der Waals surface area contributed by atoms with Gasteiger partial charge in [-0.05, 0) is 55.7 Å². The molecule has 0 bridgehead atoms. The molecule has 4 amide bonds. The first kappa shape index (κ1) is 42.0. The summed E-state index contributed by atoms with van der Waals surface area (Å²) in [5.41, 5.74) is -0.112. The molecular formula is C44H49N5O10S. The van der Waals surface area contributed by atoms with Gasteiger partial charge >= 0.3 is 6.09 Å². The molecule has 60 heavy (non-hydrogen) atoms. The number of benzene rings is 3. The minimum absolute atomic E-state index is 0.0239. The molecule has 15 nitrogen and oxygen atoms in total. The number of carbonyl (C=O) groups is 4. The molecule has 1 aliphatic heterocycles. The Morgan fingerprint density at radius 3 is 2.25 bits per heavy atom. The number of aromatic nitrogens is 1. The highest BCUT2D eigenvalue weighted by Gasteiger charge is 2.62. The van der Waals surface area contributed by atoms with Gasteiger partial charge in [-0.1, -0.05) is 57.2 Å². The molecule has 0 radical (unpaired) electrons. The van der Waals surface area contributed by atoms with Gasteiger partial charge in [0, 0.05) is 46.5 Å². The van der Waals surface area contributed by atoms with Crippen LogP contribution in [0.25, 0.3) is 22.2 Å². The van der Waals surface area contributed by atoms with Crippen molar-refractivity contribution < 1.29 is 46.5 Å². The lowest BCUT2D eigenvalue weighted by Gasteiger charge is -2.34. The lowest BCUT2D eigenvalue weighted by atomic mass is 9.88. The maximum atomic E-state index is 14.8. The van der Waals surface area contributed by atoms with Crippen LogP contribution in [0.1, 0.15) is 46.5 Å². The zero-order valence-corrected chi connectivity index (χ0v) is 34.9. The third-order valence-electron chi connectivity index (χ3n) is 11.0. The van der Waals surface area contributed by atoms with Crippen molar-refractivity contribution in [3.8, 4) is 28.5 Å². The quantitative estimate of drug-likeness (QED) is 0.134. The van der Waals surface area contributed by atoms with Gasteiger partial charge in [0.25, 0.3) is 11.8 Å². The number of nitrogens with zero attached hydrogens (tertiary/aromatic N) is 2. The monoisotopic (exact) mass is 839 g/mol. The average molecular weight is 840 g/mol. The fraction of sp³-hybridized carbons (Fsp3) is 0.386.